The Morgan fingerprint density at radius 3 is 2.50 bits per heavy atom. The molecule has 2 aromatic rings. The molecule has 2 aliphatic rings. The maximum absolute atomic E-state index is 13.2. The molecule has 0 unspecified atom stereocenters. The van der Waals surface area contributed by atoms with Crippen molar-refractivity contribution in [2.45, 2.75) is 32.0 Å². The van der Waals surface area contributed by atoms with Crippen LogP contribution >= 0.6 is 0 Å². The van der Waals surface area contributed by atoms with Crippen LogP contribution in [0.4, 0.5) is 24.5 Å². The summed E-state index contributed by atoms with van der Waals surface area (Å²) in [5.74, 6) is -0.815. The Morgan fingerprint density at radius 1 is 1.20 bits per heavy atom. The summed E-state index contributed by atoms with van der Waals surface area (Å²) < 4.78 is 45.3. The lowest BCUT2D eigenvalue weighted by Gasteiger charge is -2.32. The van der Waals surface area contributed by atoms with Gasteiger partial charge in [-0.25, -0.2) is 0 Å². The highest BCUT2D eigenvalue weighted by atomic mass is 19.4. The number of nitrogens with one attached hydrogen (secondary N) is 1. The van der Waals surface area contributed by atoms with E-state index in [0.29, 0.717) is 37.4 Å². The van der Waals surface area contributed by atoms with Crippen LogP contribution in [0, 0.1) is 5.92 Å². The van der Waals surface area contributed by atoms with Gasteiger partial charge in [0.1, 0.15) is 0 Å². The van der Waals surface area contributed by atoms with Crippen molar-refractivity contribution in [2.75, 3.05) is 30.0 Å². The number of benzene rings is 1. The molecule has 1 aromatic heterocycles. The van der Waals surface area contributed by atoms with E-state index in [1.165, 1.54) is 23.2 Å². The van der Waals surface area contributed by atoms with Gasteiger partial charge in [0.05, 0.1) is 23.5 Å². The van der Waals surface area contributed by atoms with Gasteiger partial charge in [-0.15, -0.1) is 0 Å². The fourth-order valence-corrected chi connectivity index (χ4v) is 3.80. The van der Waals surface area contributed by atoms with Gasteiger partial charge in [-0.2, -0.15) is 18.3 Å². The van der Waals surface area contributed by atoms with E-state index in [-0.39, 0.29) is 30.1 Å². The Labute approximate surface area is 170 Å². The van der Waals surface area contributed by atoms with Crippen LogP contribution in [0.5, 0.6) is 0 Å². The molecule has 0 aliphatic carbocycles. The van der Waals surface area contributed by atoms with Crippen LogP contribution in [0.1, 0.15) is 41.9 Å². The zero-order chi connectivity index (χ0) is 21.5. The molecule has 4 rings (SSSR count). The summed E-state index contributed by atoms with van der Waals surface area (Å²) in [5, 5.41) is 7.04. The van der Waals surface area contributed by atoms with Crippen LogP contribution in [-0.2, 0) is 15.7 Å². The van der Waals surface area contributed by atoms with Gasteiger partial charge in [0, 0.05) is 31.4 Å². The molecule has 3 heterocycles. The van der Waals surface area contributed by atoms with Gasteiger partial charge in [0.15, 0.2) is 5.69 Å². The van der Waals surface area contributed by atoms with Crippen molar-refractivity contribution in [3.05, 3.63) is 41.7 Å². The number of amides is 2. The minimum Gasteiger partial charge on any atom is -0.381 e. The number of carbonyl (C=O) groups is 2. The average Bonchev–Trinajstić information content (AvgIpc) is 3.15. The Kier molecular flexibility index (Phi) is 5.27. The largest absolute Gasteiger partial charge is 0.416 e. The third kappa shape index (κ3) is 3.79. The number of carbonyl (C=O) groups excluding carboxylic acids is 2. The number of rotatable bonds is 3. The molecule has 1 saturated heterocycles. The summed E-state index contributed by atoms with van der Waals surface area (Å²) in [7, 11) is 0. The van der Waals surface area contributed by atoms with Crippen molar-refractivity contribution in [1.82, 2.24) is 9.78 Å². The van der Waals surface area contributed by atoms with Gasteiger partial charge < -0.3 is 15.0 Å². The van der Waals surface area contributed by atoms with E-state index < -0.39 is 17.6 Å². The molecular formula is C20H21F3N4O3. The third-order valence-corrected chi connectivity index (χ3v) is 5.46. The minimum atomic E-state index is -4.45. The van der Waals surface area contributed by atoms with Crippen molar-refractivity contribution in [2.24, 2.45) is 5.92 Å². The first-order valence-electron chi connectivity index (χ1n) is 9.71. The second-order valence-electron chi connectivity index (χ2n) is 7.54. The standard InChI is InChI=1S/C20H21F3N4O3/c1-12-11-26(15-4-2-14(3-5-15)20(21,22)23)19(29)17-16(10-24-27(12)17)25-18(28)13-6-8-30-9-7-13/h2-5,10,12-13H,6-9,11H2,1H3,(H,25,28)/t12-/m0/s1. The zero-order valence-electron chi connectivity index (χ0n) is 16.3. The quantitative estimate of drug-likeness (QED) is 0.822. The predicted molar refractivity (Wildman–Crippen MR) is 102 cm³/mol. The van der Waals surface area contributed by atoms with Gasteiger partial charge >= 0.3 is 6.18 Å². The highest BCUT2D eigenvalue weighted by molar-refractivity contribution is 6.11. The average molecular weight is 422 g/mol. The van der Waals surface area contributed by atoms with Gasteiger partial charge in [0.25, 0.3) is 5.91 Å². The molecule has 2 aliphatic heterocycles. The number of ether oxygens (including phenoxy) is 1. The van der Waals surface area contributed by atoms with Crippen LogP contribution in [0.3, 0.4) is 0 Å². The molecule has 1 aromatic carbocycles. The predicted octanol–water partition coefficient (Wildman–Crippen LogP) is 3.49. The van der Waals surface area contributed by atoms with Crippen molar-refractivity contribution < 1.29 is 27.5 Å². The first-order chi connectivity index (χ1) is 14.3. The molecule has 30 heavy (non-hydrogen) atoms. The molecule has 0 spiro atoms. The number of alkyl halides is 3. The van der Waals surface area contributed by atoms with Crippen LogP contribution in [-0.4, -0.2) is 41.4 Å². The molecule has 0 bridgehead atoms. The second kappa shape index (κ2) is 7.75. The lowest BCUT2D eigenvalue weighted by Crippen LogP contribution is -2.43. The summed E-state index contributed by atoms with van der Waals surface area (Å²) in [6.45, 7) is 3.14. The molecule has 1 atom stereocenters. The van der Waals surface area contributed by atoms with E-state index in [2.05, 4.69) is 10.4 Å². The number of aromatic nitrogens is 2. The Balaban J connectivity index is 1.58. The van der Waals surface area contributed by atoms with Crippen molar-refractivity contribution in [3.8, 4) is 0 Å². The van der Waals surface area contributed by atoms with Crippen LogP contribution in [0.25, 0.3) is 0 Å². The highest BCUT2D eigenvalue weighted by Crippen LogP contribution is 2.33. The summed E-state index contributed by atoms with van der Waals surface area (Å²) >= 11 is 0. The van der Waals surface area contributed by atoms with Gasteiger partial charge in [-0.3, -0.25) is 14.3 Å². The van der Waals surface area contributed by atoms with Crippen molar-refractivity contribution >= 4 is 23.2 Å². The van der Waals surface area contributed by atoms with E-state index in [9.17, 15) is 22.8 Å². The smallest absolute Gasteiger partial charge is 0.381 e. The van der Waals surface area contributed by atoms with Gasteiger partial charge in [0.2, 0.25) is 5.91 Å². The normalized spacial score (nSPS) is 20.2. The first-order valence-corrected chi connectivity index (χ1v) is 9.71. The molecule has 1 fully saturated rings. The van der Waals surface area contributed by atoms with E-state index in [1.807, 2.05) is 6.92 Å². The van der Waals surface area contributed by atoms with Crippen molar-refractivity contribution in [3.63, 3.8) is 0 Å². The van der Waals surface area contributed by atoms with E-state index in [4.69, 9.17) is 4.74 Å². The first kappa shape index (κ1) is 20.4. The molecule has 1 N–H and O–H groups in total. The molecule has 0 radical (unpaired) electrons. The Morgan fingerprint density at radius 2 is 1.87 bits per heavy atom. The topological polar surface area (TPSA) is 76.5 Å². The maximum atomic E-state index is 13.2. The number of nitrogens with zero attached hydrogens (tertiary/aromatic N) is 3. The zero-order valence-corrected chi connectivity index (χ0v) is 16.3. The molecule has 160 valence electrons. The Bertz CT molecular complexity index is 949. The SMILES string of the molecule is C[C@H]1CN(c2ccc(C(F)(F)F)cc2)C(=O)c2c(NC(=O)C3CCOCC3)cnn21. The fraction of sp³-hybridized carbons (Fsp3) is 0.450. The molecule has 0 saturated carbocycles. The van der Waals surface area contributed by atoms with Crippen LogP contribution in [0.15, 0.2) is 30.5 Å². The number of fused-ring (bicyclic) bond motifs is 1. The van der Waals surface area contributed by atoms with E-state index >= 15 is 0 Å². The Hall–Kier alpha value is -2.88. The minimum absolute atomic E-state index is 0.193. The summed E-state index contributed by atoms with van der Waals surface area (Å²) in [6, 6.07) is 4.24. The third-order valence-electron chi connectivity index (χ3n) is 5.46. The van der Waals surface area contributed by atoms with Crippen LogP contribution in [0.2, 0.25) is 0 Å². The number of anilines is 2. The number of hydrogen-bond donors (Lipinski definition) is 1. The summed E-state index contributed by atoms with van der Waals surface area (Å²) in [4.78, 5) is 27.2. The van der Waals surface area contributed by atoms with Crippen molar-refractivity contribution in [1.29, 1.82) is 0 Å². The molecule has 2 amide bonds. The lowest BCUT2D eigenvalue weighted by molar-refractivity contribution is -0.137. The van der Waals surface area contributed by atoms with E-state index in [0.717, 1.165) is 12.1 Å². The summed E-state index contributed by atoms with van der Waals surface area (Å²) in [6.07, 6.45) is -1.79. The van der Waals surface area contributed by atoms with Gasteiger partial charge in [-0.05, 0) is 44.0 Å². The molecular weight excluding hydrogens is 401 g/mol. The fourth-order valence-electron chi connectivity index (χ4n) is 3.80. The molecule has 7 nitrogen and oxygen atoms in total. The van der Waals surface area contributed by atoms with E-state index in [1.54, 1.807) is 4.68 Å². The highest BCUT2D eigenvalue weighted by Gasteiger charge is 2.35. The maximum Gasteiger partial charge on any atom is 0.416 e. The number of hydrogen-bond acceptors (Lipinski definition) is 4. The second-order valence-corrected chi connectivity index (χ2v) is 7.54. The number of halogens is 3. The summed E-state index contributed by atoms with van der Waals surface area (Å²) in [5.41, 5.74) is 0.0984. The van der Waals surface area contributed by atoms with Crippen LogP contribution < -0.4 is 10.2 Å². The lowest BCUT2D eigenvalue weighted by atomic mass is 9.99. The molecule has 10 heteroatoms. The van der Waals surface area contributed by atoms with Gasteiger partial charge in [-0.1, -0.05) is 0 Å². The monoisotopic (exact) mass is 422 g/mol.